The lowest BCUT2D eigenvalue weighted by Gasteiger charge is -2.24. The van der Waals surface area contributed by atoms with E-state index in [0.717, 1.165) is 17.8 Å². The normalized spacial score (nSPS) is 16.9. The standard InChI is InChI=1S/C13H20N2O2S/c1-9(2)7-11(16)13(17)15(10-3-4-10)8-12-14-5-6-18-12/h5-6,9-11,16H,3-4,7-8H2,1-2H3. The largest absolute Gasteiger partial charge is 0.383 e. The monoisotopic (exact) mass is 268 g/mol. The van der Waals surface area contributed by atoms with Gasteiger partial charge < -0.3 is 10.0 Å². The average molecular weight is 268 g/mol. The third-order valence-corrected chi connectivity index (χ3v) is 3.80. The smallest absolute Gasteiger partial charge is 0.252 e. The molecule has 1 aromatic heterocycles. The maximum atomic E-state index is 12.2. The van der Waals surface area contributed by atoms with Crippen LogP contribution in [0.3, 0.4) is 0 Å². The zero-order valence-electron chi connectivity index (χ0n) is 10.9. The fourth-order valence-electron chi connectivity index (χ4n) is 1.99. The predicted molar refractivity (Wildman–Crippen MR) is 71.1 cm³/mol. The molecular formula is C13H20N2O2S. The maximum Gasteiger partial charge on any atom is 0.252 e. The van der Waals surface area contributed by atoms with Crippen molar-refractivity contribution in [3.8, 4) is 0 Å². The first-order chi connectivity index (χ1) is 8.58. The third-order valence-electron chi connectivity index (χ3n) is 3.04. The van der Waals surface area contributed by atoms with Crippen LogP contribution >= 0.6 is 11.3 Å². The summed E-state index contributed by atoms with van der Waals surface area (Å²) in [5.74, 6) is 0.186. The summed E-state index contributed by atoms with van der Waals surface area (Å²) in [7, 11) is 0. The van der Waals surface area contributed by atoms with Gasteiger partial charge in [0, 0.05) is 17.6 Å². The van der Waals surface area contributed by atoms with Crippen molar-refractivity contribution >= 4 is 17.2 Å². The Morgan fingerprint density at radius 2 is 2.33 bits per heavy atom. The molecule has 2 rings (SSSR count). The number of amides is 1. The molecule has 0 spiro atoms. The van der Waals surface area contributed by atoms with Gasteiger partial charge in [-0.2, -0.15) is 0 Å². The van der Waals surface area contributed by atoms with E-state index in [1.54, 1.807) is 22.4 Å². The van der Waals surface area contributed by atoms with Crippen molar-refractivity contribution in [2.75, 3.05) is 0 Å². The number of thiazole rings is 1. The van der Waals surface area contributed by atoms with Crippen LogP contribution in [-0.2, 0) is 11.3 Å². The van der Waals surface area contributed by atoms with Gasteiger partial charge in [0.1, 0.15) is 11.1 Å². The first kappa shape index (κ1) is 13.5. The van der Waals surface area contributed by atoms with Crippen LogP contribution in [0.4, 0.5) is 0 Å². The molecular weight excluding hydrogens is 248 g/mol. The van der Waals surface area contributed by atoms with Gasteiger partial charge in [-0.3, -0.25) is 4.79 Å². The number of aliphatic hydroxyl groups is 1. The number of hydrogen-bond acceptors (Lipinski definition) is 4. The van der Waals surface area contributed by atoms with Gasteiger partial charge in [0.25, 0.3) is 5.91 Å². The van der Waals surface area contributed by atoms with Crippen LogP contribution in [0.1, 0.15) is 38.1 Å². The second kappa shape index (κ2) is 5.80. The summed E-state index contributed by atoms with van der Waals surface area (Å²) in [4.78, 5) is 18.2. The molecule has 0 aromatic carbocycles. The molecule has 1 atom stereocenters. The van der Waals surface area contributed by atoms with E-state index in [4.69, 9.17) is 0 Å². The number of aromatic nitrogens is 1. The Bertz CT molecular complexity index is 388. The van der Waals surface area contributed by atoms with Crippen LogP contribution in [0, 0.1) is 5.92 Å². The molecule has 100 valence electrons. The van der Waals surface area contributed by atoms with Crippen LogP contribution in [0.25, 0.3) is 0 Å². The zero-order valence-corrected chi connectivity index (χ0v) is 11.7. The minimum atomic E-state index is -0.870. The third kappa shape index (κ3) is 3.53. The van der Waals surface area contributed by atoms with Gasteiger partial charge >= 0.3 is 0 Å². The van der Waals surface area contributed by atoms with E-state index < -0.39 is 6.10 Å². The predicted octanol–water partition coefficient (Wildman–Crippen LogP) is 2.04. The quantitative estimate of drug-likeness (QED) is 0.859. The zero-order chi connectivity index (χ0) is 13.1. The molecule has 0 saturated heterocycles. The van der Waals surface area contributed by atoms with E-state index in [-0.39, 0.29) is 5.91 Å². The molecule has 1 aliphatic carbocycles. The van der Waals surface area contributed by atoms with Gasteiger partial charge in [-0.1, -0.05) is 13.8 Å². The van der Waals surface area contributed by atoms with Crippen LogP contribution in [-0.4, -0.2) is 33.0 Å². The summed E-state index contributed by atoms with van der Waals surface area (Å²) in [6.07, 6.45) is 3.50. The molecule has 5 heteroatoms. The number of carbonyl (C=O) groups is 1. The van der Waals surface area contributed by atoms with Gasteiger partial charge in [0.05, 0.1) is 6.54 Å². The maximum absolute atomic E-state index is 12.2. The molecule has 1 saturated carbocycles. The number of rotatable bonds is 6. The first-order valence-electron chi connectivity index (χ1n) is 6.45. The summed E-state index contributed by atoms with van der Waals surface area (Å²) >= 11 is 1.55. The molecule has 4 nitrogen and oxygen atoms in total. The Balaban J connectivity index is 1.98. The van der Waals surface area contributed by atoms with Crippen LogP contribution in [0.5, 0.6) is 0 Å². The summed E-state index contributed by atoms with van der Waals surface area (Å²) in [5, 5.41) is 12.8. The average Bonchev–Trinajstić information content (AvgIpc) is 3.02. The van der Waals surface area contributed by atoms with Crippen LogP contribution < -0.4 is 0 Å². The highest BCUT2D eigenvalue weighted by molar-refractivity contribution is 7.09. The van der Waals surface area contributed by atoms with Gasteiger partial charge in [-0.05, 0) is 25.2 Å². The van der Waals surface area contributed by atoms with Crippen molar-refractivity contribution in [3.63, 3.8) is 0 Å². The van der Waals surface area contributed by atoms with Gasteiger partial charge in [0.2, 0.25) is 0 Å². The Morgan fingerprint density at radius 3 is 2.83 bits per heavy atom. The van der Waals surface area contributed by atoms with Gasteiger partial charge in [0.15, 0.2) is 0 Å². The van der Waals surface area contributed by atoms with E-state index >= 15 is 0 Å². The van der Waals surface area contributed by atoms with Crippen molar-refractivity contribution < 1.29 is 9.90 Å². The Hall–Kier alpha value is -0.940. The lowest BCUT2D eigenvalue weighted by atomic mass is 10.1. The second-order valence-electron chi connectivity index (χ2n) is 5.27. The van der Waals surface area contributed by atoms with Crippen molar-refractivity contribution in [1.82, 2.24) is 9.88 Å². The lowest BCUT2D eigenvalue weighted by molar-refractivity contribution is -0.142. The second-order valence-corrected chi connectivity index (χ2v) is 6.25. The Labute approximate surface area is 112 Å². The van der Waals surface area contributed by atoms with E-state index in [1.807, 2.05) is 19.2 Å². The van der Waals surface area contributed by atoms with Crippen molar-refractivity contribution in [2.24, 2.45) is 5.92 Å². The highest BCUT2D eigenvalue weighted by Gasteiger charge is 2.35. The molecule has 0 radical (unpaired) electrons. The van der Waals surface area contributed by atoms with E-state index in [9.17, 15) is 9.90 Å². The van der Waals surface area contributed by atoms with Crippen molar-refractivity contribution in [3.05, 3.63) is 16.6 Å². The molecule has 0 bridgehead atoms. The molecule has 1 N–H and O–H groups in total. The summed E-state index contributed by atoms with van der Waals surface area (Å²) in [6.45, 7) is 4.56. The van der Waals surface area contributed by atoms with Gasteiger partial charge in [-0.25, -0.2) is 4.98 Å². The molecule has 1 fully saturated rings. The summed E-state index contributed by atoms with van der Waals surface area (Å²) in [6, 6.07) is 0.309. The highest BCUT2D eigenvalue weighted by Crippen LogP contribution is 2.29. The van der Waals surface area contributed by atoms with Crippen LogP contribution in [0.15, 0.2) is 11.6 Å². The van der Waals surface area contributed by atoms with E-state index in [1.165, 1.54) is 0 Å². The minimum absolute atomic E-state index is 0.138. The Morgan fingerprint density at radius 1 is 1.61 bits per heavy atom. The summed E-state index contributed by atoms with van der Waals surface area (Å²) < 4.78 is 0. The molecule has 1 aliphatic rings. The van der Waals surface area contributed by atoms with E-state index in [2.05, 4.69) is 4.98 Å². The molecule has 1 aromatic rings. The SMILES string of the molecule is CC(C)CC(O)C(=O)N(Cc1nccs1)C1CC1. The fourth-order valence-corrected chi connectivity index (χ4v) is 2.60. The molecule has 1 unspecified atom stereocenters. The van der Waals surface area contributed by atoms with Gasteiger partial charge in [-0.15, -0.1) is 11.3 Å². The molecule has 18 heavy (non-hydrogen) atoms. The number of hydrogen-bond donors (Lipinski definition) is 1. The minimum Gasteiger partial charge on any atom is -0.383 e. The molecule has 1 heterocycles. The summed E-state index contributed by atoms with van der Waals surface area (Å²) in [5.41, 5.74) is 0. The number of aliphatic hydroxyl groups excluding tert-OH is 1. The topological polar surface area (TPSA) is 53.4 Å². The Kier molecular flexibility index (Phi) is 4.35. The van der Waals surface area contributed by atoms with Crippen LogP contribution in [0.2, 0.25) is 0 Å². The fraction of sp³-hybridized carbons (Fsp3) is 0.692. The molecule has 1 amide bonds. The number of nitrogens with zero attached hydrogens (tertiary/aromatic N) is 2. The molecule has 0 aliphatic heterocycles. The van der Waals surface area contributed by atoms with Crippen molar-refractivity contribution in [1.29, 1.82) is 0 Å². The van der Waals surface area contributed by atoms with E-state index in [0.29, 0.717) is 24.9 Å². The number of carbonyl (C=O) groups excluding carboxylic acids is 1. The lowest BCUT2D eigenvalue weighted by Crippen LogP contribution is -2.40. The first-order valence-corrected chi connectivity index (χ1v) is 7.32. The van der Waals surface area contributed by atoms with Crippen molar-refractivity contribution in [2.45, 2.75) is 51.8 Å². The highest BCUT2D eigenvalue weighted by atomic mass is 32.1.